The molecule has 0 saturated heterocycles. The molecule has 0 heterocycles. The van der Waals surface area contributed by atoms with Gasteiger partial charge in [-0.1, -0.05) is 26.8 Å². The van der Waals surface area contributed by atoms with Crippen LogP contribution < -0.4 is 5.32 Å². The second kappa shape index (κ2) is 5.96. The third-order valence-corrected chi connectivity index (χ3v) is 3.34. The van der Waals surface area contributed by atoms with Crippen molar-refractivity contribution in [3.63, 3.8) is 0 Å². The molecule has 1 unspecified atom stereocenters. The molecule has 1 nitrogen and oxygen atoms in total. The van der Waals surface area contributed by atoms with Crippen LogP contribution in [0.1, 0.15) is 32.8 Å². The Morgan fingerprint density at radius 1 is 1.35 bits per heavy atom. The van der Waals surface area contributed by atoms with Crippen LogP contribution in [0.25, 0.3) is 0 Å². The molecule has 1 N–H and O–H groups in total. The maximum atomic E-state index is 13.1. The van der Waals surface area contributed by atoms with E-state index in [9.17, 15) is 4.39 Å². The van der Waals surface area contributed by atoms with E-state index in [4.69, 9.17) is 0 Å². The number of benzene rings is 1. The molecule has 1 rings (SSSR count). The average molecular weight is 302 g/mol. The van der Waals surface area contributed by atoms with Crippen molar-refractivity contribution in [2.75, 3.05) is 7.05 Å². The van der Waals surface area contributed by atoms with E-state index in [0.717, 1.165) is 18.4 Å². The molecule has 3 heteroatoms. The van der Waals surface area contributed by atoms with E-state index in [1.165, 1.54) is 6.07 Å². The summed E-state index contributed by atoms with van der Waals surface area (Å²) in [5.74, 6) is -0.203. The van der Waals surface area contributed by atoms with Gasteiger partial charge in [-0.15, -0.1) is 0 Å². The van der Waals surface area contributed by atoms with Gasteiger partial charge in [0, 0.05) is 6.04 Å². The van der Waals surface area contributed by atoms with Gasteiger partial charge in [0.2, 0.25) is 0 Å². The molecule has 1 atom stereocenters. The van der Waals surface area contributed by atoms with E-state index in [2.05, 4.69) is 42.0 Å². The Morgan fingerprint density at radius 3 is 2.47 bits per heavy atom. The first-order valence-electron chi connectivity index (χ1n) is 5.93. The molecule has 1 aromatic carbocycles. The highest BCUT2D eigenvalue weighted by Crippen LogP contribution is 2.24. The summed E-state index contributed by atoms with van der Waals surface area (Å²) in [4.78, 5) is 0. The molecular weight excluding hydrogens is 281 g/mol. The van der Waals surface area contributed by atoms with Gasteiger partial charge in [-0.2, -0.15) is 0 Å². The van der Waals surface area contributed by atoms with E-state index in [0.29, 0.717) is 15.9 Å². The van der Waals surface area contributed by atoms with Gasteiger partial charge < -0.3 is 5.32 Å². The normalized spacial score (nSPS) is 13.8. The van der Waals surface area contributed by atoms with Crippen LogP contribution in [-0.4, -0.2) is 13.1 Å². The van der Waals surface area contributed by atoms with Crippen LogP contribution in [0.15, 0.2) is 22.7 Å². The number of halogens is 2. The van der Waals surface area contributed by atoms with E-state index in [1.54, 1.807) is 0 Å². The summed E-state index contributed by atoms with van der Waals surface area (Å²) in [5.41, 5.74) is 1.45. The van der Waals surface area contributed by atoms with Gasteiger partial charge in [-0.25, -0.2) is 4.39 Å². The Balaban J connectivity index is 2.70. The standard InChI is InChI=1S/C14H21BrFN/c1-14(2,3)9-11(17-4)7-10-5-6-13(16)12(15)8-10/h5-6,8,11,17H,7,9H2,1-4H3. The maximum absolute atomic E-state index is 13.1. The van der Waals surface area contributed by atoms with Gasteiger partial charge >= 0.3 is 0 Å². The summed E-state index contributed by atoms with van der Waals surface area (Å²) in [6.07, 6.45) is 2.02. The summed E-state index contributed by atoms with van der Waals surface area (Å²) in [5, 5.41) is 3.33. The predicted molar refractivity (Wildman–Crippen MR) is 74.7 cm³/mol. The topological polar surface area (TPSA) is 12.0 Å². The van der Waals surface area contributed by atoms with Gasteiger partial charge in [0.1, 0.15) is 5.82 Å². The lowest BCUT2D eigenvalue weighted by Gasteiger charge is -2.25. The molecule has 0 aliphatic rings. The molecule has 96 valence electrons. The first kappa shape index (κ1) is 14.7. The van der Waals surface area contributed by atoms with Crippen molar-refractivity contribution in [3.05, 3.63) is 34.1 Å². The molecule has 0 amide bonds. The Morgan fingerprint density at radius 2 is 2.00 bits per heavy atom. The molecule has 1 aromatic rings. The highest BCUT2D eigenvalue weighted by Gasteiger charge is 2.17. The lowest BCUT2D eigenvalue weighted by atomic mass is 9.86. The summed E-state index contributed by atoms with van der Waals surface area (Å²) in [6, 6.07) is 5.66. The van der Waals surface area contributed by atoms with E-state index in [-0.39, 0.29) is 5.82 Å². The van der Waals surface area contributed by atoms with E-state index >= 15 is 0 Å². The minimum absolute atomic E-state index is 0.203. The van der Waals surface area contributed by atoms with Crippen molar-refractivity contribution in [1.82, 2.24) is 5.32 Å². The Bertz CT molecular complexity index is 371. The number of rotatable bonds is 4. The first-order valence-corrected chi connectivity index (χ1v) is 6.72. The molecule has 17 heavy (non-hydrogen) atoms. The minimum atomic E-state index is -0.203. The molecule has 0 radical (unpaired) electrons. The van der Waals surface area contributed by atoms with Crippen molar-refractivity contribution in [1.29, 1.82) is 0 Å². The highest BCUT2D eigenvalue weighted by molar-refractivity contribution is 9.10. The largest absolute Gasteiger partial charge is 0.317 e. The summed E-state index contributed by atoms with van der Waals surface area (Å²) >= 11 is 3.22. The second-order valence-electron chi connectivity index (χ2n) is 5.70. The Kier molecular flexibility index (Phi) is 5.14. The van der Waals surface area contributed by atoms with Gasteiger partial charge in [0.05, 0.1) is 4.47 Å². The summed E-state index contributed by atoms with van der Waals surface area (Å²) in [7, 11) is 1.98. The lowest BCUT2D eigenvalue weighted by molar-refractivity contribution is 0.316. The van der Waals surface area contributed by atoms with Crippen LogP contribution in [-0.2, 0) is 6.42 Å². The Labute approximate surface area is 112 Å². The molecule has 0 aliphatic heterocycles. The van der Waals surface area contributed by atoms with Gasteiger partial charge in [-0.3, -0.25) is 0 Å². The van der Waals surface area contributed by atoms with E-state index in [1.807, 2.05) is 19.2 Å². The van der Waals surface area contributed by atoms with Crippen LogP contribution in [0.5, 0.6) is 0 Å². The SMILES string of the molecule is CNC(Cc1ccc(F)c(Br)c1)CC(C)(C)C. The van der Waals surface area contributed by atoms with Crippen molar-refractivity contribution < 1.29 is 4.39 Å². The molecule has 0 bridgehead atoms. The minimum Gasteiger partial charge on any atom is -0.317 e. The number of hydrogen-bond acceptors (Lipinski definition) is 1. The molecule has 0 fully saturated rings. The monoisotopic (exact) mass is 301 g/mol. The summed E-state index contributed by atoms with van der Waals surface area (Å²) < 4.78 is 13.7. The van der Waals surface area contributed by atoms with Gasteiger partial charge in [0.25, 0.3) is 0 Å². The zero-order valence-electron chi connectivity index (χ0n) is 11.0. The van der Waals surface area contributed by atoms with Crippen LogP contribution in [0.3, 0.4) is 0 Å². The zero-order valence-corrected chi connectivity index (χ0v) is 12.6. The van der Waals surface area contributed by atoms with Crippen molar-refractivity contribution in [2.24, 2.45) is 5.41 Å². The smallest absolute Gasteiger partial charge is 0.137 e. The second-order valence-corrected chi connectivity index (χ2v) is 6.56. The first-order chi connectivity index (χ1) is 7.81. The van der Waals surface area contributed by atoms with Crippen LogP contribution in [0.2, 0.25) is 0 Å². The fourth-order valence-electron chi connectivity index (χ4n) is 1.97. The number of nitrogens with one attached hydrogen (secondary N) is 1. The van der Waals surface area contributed by atoms with Crippen molar-refractivity contribution in [3.8, 4) is 0 Å². The molecule has 0 aromatic heterocycles. The number of hydrogen-bond donors (Lipinski definition) is 1. The van der Waals surface area contributed by atoms with Crippen molar-refractivity contribution in [2.45, 2.75) is 39.7 Å². The fraction of sp³-hybridized carbons (Fsp3) is 0.571. The molecule has 0 saturated carbocycles. The maximum Gasteiger partial charge on any atom is 0.137 e. The fourth-order valence-corrected chi connectivity index (χ4v) is 2.39. The third-order valence-electron chi connectivity index (χ3n) is 2.73. The predicted octanol–water partition coefficient (Wildman–Crippen LogP) is 4.15. The van der Waals surface area contributed by atoms with E-state index < -0.39 is 0 Å². The van der Waals surface area contributed by atoms with Gasteiger partial charge in [0.15, 0.2) is 0 Å². The molecule has 0 aliphatic carbocycles. The summed E-state index contributed by atoms with van der Waals surface area (Å²) in [6.45, 7) is 6.70. The highest BCUT2D eigenvalue weighted by atomic mass is 79.9. The Hall–Kier alpha value is -0.410. The van der Waals surface area contributed by atoms with Gasteiger partial charge in [-0.05, 0) is 58.9 Å². The number of likely N-dealkylation sites (N-methyl/N-ethyl adjacent to an activating group) is 1. The average Bonchev–Trinajstić information content (AvgIpc) is 2.20. The van der Waals surface area contributed by atoms with Crippen molar-refractivity contribution >= 4 is 15.9 Å². The van der Waals surface area contributed by atoms with Crippen LogP contribution >= 0.6 is 15.9 Å². The zero-order chi connectivity index (χ0) is 13.1. The third kappa shape index (κ3) is 5.17. The molecular formula is C14H21BrFN. The quantitative estimate of drug-likeness (QED) is 0.881. The van der Waals surface area contributed by atoms with Crippen LogP contribution in [0, 0.1) is 11.2 Å². The lowest BCUT2D eigenvalue weighted by Crippen LogP contribution is -2.32. The molecule has 0 spiro atoms. The van der Waals surface area contributed by atoms with Crippen LogP contribution in [0.4, 0.5) is 4.39 Å².